The predicted octanol–water partition coefficient (Wildman–Crippen LogP) is 1.83. The van der Waals surface area contributed by atoms with Gasteiger partial charge in [-0.2, -0.15) is 0 Å². The van der Waals surface area contributed by atoms with Crippen molar-refractivity contribution in [1.29, 1.82) is 0 Å². The minimum absolute atomic E-state index is 0.255. The van der Waals surface area contributed by atoms with Crippen LogP contribution in [0, 0.1) is 0 Å². The lowest BCUT2D eigenvalue weighted by Crippen LogP contribution is -2.29. The molecule has 1 aliphatic heterocycles. The average molecular weight is 242 g/mol. The van der Waals surface area contributed by atoms with Crippen molar-refractivity contribution in [2.24, 2.45) is 0 Å². The number of halogens is 1. The van der Waals surface area contributed by atoms with Crippen LogP contribution in [-0.4, -0.2) is 25.7 Å². The Morgan fingerprint density at radius 1 is 1.44 bits per heavy atom. The second kappa shape index (κ2) is 4.02. The standard InChI is InChI=1S/C10H8ClNO4/c1-15-8-3-2-6(11)4-7(8)12-9(13)5-16-10(12)14/h2-4H,5H2,1H3. The third-order valence-electron chi connectivity index (χ3n) is 2.13. The third kappa shape index (κ3) is 1.69. The lowest BCUT2D eigenvalue weighted by Gasteiger charge is -2.14. The number of hydrogen-bond donors (Lipinski definition) is 0. The van der Waals surface area contributed by atoms with Crippen LogP contribution in [0.5, 0.6) is 5.75 Å². The highest BCUT2D eigenvalue weighted by molar-refractivity contribution is 6.31. The third-order valence-corrected chi connectivity index (χ3v) is 2.37. The van der Waals surface area contributed by atoms with Gasteiger partial charge in [-0.3, -0.25) is 4.79 Å². The zero-order valence-electron chi connectivity index (χ0n) is 8.40. The number of amides is 2. The Balaban J connectivity index is 2.49. The van der Waals surface area contributed by atoms with E-state index in [-0.39, 0.29) is 6.61 Å². The second-order valence-corrected chi connectivity index (χ2v) is 3.54. The van der Waals surface area contributed by atoms with Crippen LogP contribution in [0.1, 0.15) is 0 Å². The highest BCUT2D eigenvalue weighted by Gasteiger charge is 2.34. The Hall–Kier alpha value is -1.75. The Labute approximate surface area is 96.5 Å². The van der Waals surface area contributed by atoms with Gasteiger partial charge in [0.1, 0.15) is 5.75 Å². The van der Waals surface area contributed by atoms with E-state index in [2.05, 4.69) is 4.74 Å². The van der Waals surface area contributed by atoms with Gasteiger partial charge in [-0.05, 0) is 18.2 Å². The minimum Gasteiger partial charge on any atom is -0.495 e. The molecule has 6 heteroatoms. The molecule has 0 saturated carbocycles. The predicted molar refractivity (Wildman–Crippen MR) is 56.8 cm³/mol. The Bertz CT molecular complexity index is 444. The Kier molecular flexibility index (Phi) is 2.70. The molecule has 84 valence electrons. The van der Waals surface area contributed by atoms with Gasteiger partial charge in [-0.1, -0.05) is 11.6 Å². The smallest absolute Gasteiger partial charge is 0.421 e. The maximum absolute atomic E-state index is 11.4. The van der Waals surface area contributed by atoms with Crippen LogP contribution in [0.15, 0.2) is 18.2 Å². The Morgan fingerprint density at radius 3 is 2.75 bits per heavy atom. The second-order valence-electron chi connectivity index (χ2n) is 3.10. The van der Waals surface area contributed by atoms with Crippen molar-refractivity contribution < 1.29 is 19.1 Å². The Morgan fingerprint density at radius 2 is 2.19 bits per heavy atom. The van der Waals surface area contributed by atoms with Gasteiger partial charge in [-0.25, -0.2) is 9.69 Å². The first kappa shape index (κ1) is 10.8. The number of ether oxygens (including phenoxy) is 2. The van der Waals surface area contributed by atoms with E-state index in [0.717, 1.165) is 4.90 Å². The number of benzene rings is 1. The molecule has 0 unspecified atom stereocenters. The van der Waals surface area contributed by atoms with Crippen LogP contribution in [0.2, 0.25) is 5.02 Å². The molecule has 0 aliphatic carbocycles. The van der Waals surface area contributed by atoms with Crippen molar-refractivity contribution in [3.05, 3.63) is 23.2 Å². The van der Waals surface area contributed by atoms with E-state index in [4.69, 9.17) is 16.3 Å². The highest BCUT2D eigenvalue weighted by atomic mass is 35.5. The van der Waals surface area contributed by atoms with Crippen molar-refractivity contribution in [2.45, 2.75) is 0 Å². The van der Waals surface area contributed by atoms with Crippen molar-refractivity contribution in [1.82, 2.24) is 0 Å². The average Bonchev–Trinajstić information content (AvgIpc) is 2.58. The fraction of sp³-hybridized carbons (Fsp3) is 0.200. The van der Waals surface area contributed by atoms with Gasteiger partial charge in [0.15, 0.2) is 6.61 Å². The summed E-state index contributed by atoms with van der Waals surface area (Å²) in [5.74, 6) is -0.0535. The molecular formula is C10H8ClNO4. The molecular weight excluding hydrogens is 234 g/mol. The molecule has 0 N–H and O–H groups in total. The van der Waals surface area contributed by atoms with E-state index in [1.165, 1.54) is 13.2 Å². The van der Waals surface area contributed by atoms with Crippen LogP contribution in [-0.2, 0) is 9.53 Å². The molecule has 0 aromatic heterocycles. The van der Waals surface area contributed by atoms with Gasteiger partial charge in [0.25, 0.3) is 5.91 Å². The normalized spacial score (nSPS) is 15.2. The maximum atomic E-state index is 11.4. The number of nitrogens with zero attached hydrogens (tertiary/aromatic N) is 1. The summed E-state index contributed by atoms with van der Waals surface area (Å²) < 4.78 is 9.66. The lowest BCUT2D eigenvalue weighted by molar-refractivity contribution is -0.117. The quantitative estimate of drug-likeness (QED) is 0.793. The molecule has 0 spiro atoms. The SMILES string of the molecule is COc1ccc(Cl)cc1N1C(=O)COC1=O. The molecule has 1 heterocycles. The summed E-state index contributed by atoms with van der Waals surface area (Å²) in [5.41, 5.74) is 0.294. The molecule has 1 aromatic carbocycles. The van der Waals surface area contributed by atoms with Gasteiger partial charge in [-0.15, -0.1) is 0 Å². The molecule has 5 nitrogen and oxygen atoms in total. The van der Waals surface area contributed by atoms with Crippen molar-refractivity contribution in [3.63, 3.8) is 0 Å². The number of methoxy groups -OCH3 is 1. The van der Waals surface area contributed by atoms with Crippen LogP contribution in [0.4, 0.5) is 10.5 Å². The number of carbonyl (C=O) groups excluding carboxylic acids is 2. The van der Waals surface area contributed by atoms with Gasteiger partial charge >= 0.3 is 6.09 Å². The first-order valence-corrected chi connectivity index (χ1v) is 4.84. The summed E-state index contributed by atoms with van der Waals surface area (Å²) in [4.78, 5) is 23.7. The van der Waals surface area contributed by atoms with E-state index in [1.807, 2.05) is 0 Å². The summed E-state index contributed by atoms with van der Waals surface area (Å²) in [5, 5.41) is 0.406. The summed E-state index contributed by atoms with van der Waals surface area (Å²) >= 11 is 5.80. The number of anilines is 1. The number of imide groups is 1. The topological polar surface area (TPSA) is 55.8 Å². The van der Waals surface area contributed by atoms with E-state index >= 15 is 0 Å². The number of rotatable bonds is 2. The molecule has 0 radical (unpaired) electrons. The van der Waals surface area contributed by atoms with Crippen molar-refractivity contribution >= 4 is 29.3 Å². The molecule has 1 fully saturated rings. The van der Waals surface area contributed by atoms with Gasteiger partial charge < -0.3 is 9.47 Å². The van der Waals surface area contributed by atoms with E-state index in [1.54, 1.807) is 12.1 Å². The minimum atomic E-state index is -0.717. The van der Waals surface area contributed by atoms with Gasteiger partial charge in [0.05, 0.1) is 12.8 Å². The summed E-state index contributed by atoms with van der Waals surface area (Å²) in [7, 11) is 1.44. The van der Waals surface area contributed by atoms with E-state index in [9.17, 15) is 9.59 Å². The molecule has 1 saturated heterocycles. The van der Waals surface area contributed by atoms with Crippen LogP contribution in [0.3, 0.4) is 0 Å². The van der Waals surface area contributed by atoms with Gasteiger partial charge in [0.2, 0.25) is 0 Å². The number of cyclic esters (lactones) is 1. The van der Waals surface area contributed by atoms with E-state index in [0.29, 0.717) is 16.5 Å². The molecule has 0 bridgehead atoms. The largest absolute Gasteiger partial charge is 0.495 e. The first-order chi connectivity index (χ1) is 7.63. The maximum Gasteiger partial charge on any atom is 0.421 e. The van der Waals surface area contributed by atoms with Gasteiger partial charge in [0, 0.05) is 5.02 Å². The highest BCUT2D eigenvalue weighted by Crippen LogP contribution is 2.33. The lowest BCUT2D eigenvalue weighted by atomic mass is 10.2. The van der Waals surface area contributed by atoms with Crippen LogP contribution < -0.4 is 9.64 Å². The van der Waals surface area contributed by atoms with Crippen LogP contribution >= 0.6 is 11.6 Å². The summed E-state index contributed by atoms with van der Waals surface area (Å²) in [6.45, 7) is -0.255. The number of carbonyl (C=O) groups is 2. The van der Waals surface area contributed by atoms with Crippen molar-refractivity contribution in [2.75, 3.05) is 18.6 Å². The van der Waals surface area contributed by atoms with Crippen LogP contribution in [0.25, 0.3) is 0 Å². The first-order valence-electron chi connectivity index (χ1n) is 4.46. The zero-order valence-corrected chi connectivity index (χ0v) is 9.15. The molecule has 2 amide bonds. The number of hydrogen-bond acceptors (Lipinski definition) is 4. The fourth-order valence-electron chi connectivity index (χ4n) is 1.42. The fourth-order valence-corrected chi connectivity index (χ4v) is 1.59. The molecule has 2 rings (SSSR count). The monoisotopic (exact) mass is 241 g/mol. The summed E-state index contributed by atoms with van der Waals surface area (Å²) in [6.07, 6.45) is -0.717. The zero-order chi connectivity index (χ0) is 11.7. The molecule has 1 aromatic rings. The molecule has 1 aliphatic rings. The van der Waals surface area contributed by atoms with Crippen molar-refractivity contribution in [3.8, 4) is 5.75 Å². The summed E-state index contributed by atoms with van der Waals surface area (Å²) in [6, 6.07) is 4.66. The van der Waals surface area contributed by atoms with E-state index < -0.39 is 12.0 Å². The molecule has 0 atom stereocenters. The molecule has 16 heavy (non-hydrogen) atoms.